The van der Waals surface area contributed by atoms with Crippen molar-refractivity contribution in [1.82, 2.24) is 4.90 Å². The number of esters is 1. The van der Waals surface area contributed by atoms with Gasteiger partial charge in [0.25, 0.3) is 5.91 Å². The van der Waals surface area contributed by atoms with Crippen LogP contribution in [0.3, 0.4) is 0 Å². The number of rotatable bonds is 5. The number of benzene rings is 1. The molecule has 0 radical (unpaired) electrons. The van der Waals surface area contributed by atoms with Crippen LogP contribution in [-0.2, 0) is 9.53 Å². The summed E-state index contributed by atoms with van der Waals surface area (Å²) >= 11 is 1.23. The standard InChI is InChI=1S/C15H16FNO3S/c1-3-7-17(9-14(18)20-2)15(19)13-8-10-11(16)5-4-6-12(10)21-13/h4-6,8H,3,7,9H2,1-2H3. The van der Waals surface area contributed by atoms with Gasteiger partial charge in [-0.05, 0) is 24.6 Å². The minimum Gasteiger partial charge on any atom is -0.468 e. The third-order valence-electron chi connectivity index (χ3n) is 3.05. The van der Waals surface area contributed by atoms with Crippen LogP contribution in [0.1, 0.15) is 23.0 Å². The highest BCUT2D eigenvalue weighted by Crippen LogP contribution is 2.28. The van der Waals surface area contributed by atoms with Crippen molar-refractivity contribution in [3.05, 3.63) is 35.0 Å². The van der Waals surface area contributed by atoms with Crippen molar-refractivity contribution in [3.63, 3.8) is 0 Å². The predicted octanol–water partition coefficient (Wildman–Crippen LogP) is 3.07. The first kappa shape index (κ1) is 15.4. The van der Waals surface area contributed by atoms with E-state index in [1.807, 2.05) is 6.92 Å². The Hall–Kier alpha value is -1.95. The van der Waals surface area contributed by atoms with Crippen molar-refractivity contribution in [2.24, 2.45) is 0 Å². The van der Waals surface area contributed by atoms with Crippen LogP contribution in [0.15, 0.2) is 24.3 Å². The van der Waals surface area contributed by atoms with Gasteiger partial charge in [-0.15, -0.1) is 11.3 Å². The Kier molecular flexibility index (Phi) is 4.90. The second-order valence-corrected chi connectivity index (χ2v) is 5.65. The molecule has 1 heterocycles. The molecule has 0 N–H and O–H groups in total. The lowest BCUT2D eigenvalue weighted by Crippen LogP contribution is -2.36. The molecule has 21 heavy (non-hydrogen) atoms. The van der Waals surface area contributed by atoms with Gasteiger partial charge in [0.1, 0.15) is 12.4 Å². The summed E-state index contributed by atoms with van der Waals surface area (Å²) < 4.78 is 19.0. The highest BCUT2D eigenvalue weighted by molar-refractivity contribution is 7.20. The number of thiophene rings is 1. The van der Waals surface area contributed by atoms with E-state index in [1.165, 1.54) is 35.5 Å². The number of carbonyl (C=O) groups is 2. The molecule has 0 aliphatic rings. The smallest absolute Gasteiger partial charge is 0.325 e. The summed E-state index contributed by atoms with van der Waals surface area (Å²) in [4.78, 5) is 25.7. The van der Waals surface area contributed by atoms with Crippen molar-refractivity contribution >= 4 is 33.3 Å². The van der Waals surface area contributed by atoms with Crippen LogP contribution >= 0.6 is 11.3 Å². The lowest BCUT2D eigenvalue weighted by molar-refractivity contribution is -0.141. The van der Waals surface area contributed by atoms with Crippen molar-refractivity contribution in [2.75, 3.05) is 20.2 Å². The third kappa shape index (κ3) is 3.39. The van der Waals surface area contributed by atoms with E-state index in [-0.39, 0.29) is 18.3 Å². The van der Waals surface area contributed by atoms with E-state index in [4.69, 9.17) is 0 Å². The van der Waals surface area contributed by atoms with Crippen molar-refractivity contribution in [2.45, 2.75) is 13.3 Å². The molecule has 1 aromatic carbocycles. The van der Waals surface area contributed by atoms with E-state index in [1.54, 1.807) is 12.1 Å². The molecule has 0 saturated carbocycles. The zero-order valence-electron chi connectivity index (χ0n) is 11.9. The molecule has 1 aromatic heterocycles. The maximum Gasteiger partial charge on any atom is 0.325 e. The molecule has 2 rings (SSSR count). The zero-order valence-corrected chi connectivity index (χ0v) is 12.7. The number of fused-ring (bicyclic) bond motifs is 1. The van der Waals surface area contributed by atoms with E-state index < -0.39 is 5.97 Å². The minimum atomic E-state index is -0.468. The summed E-state index contributed by atoms with van der Waals surface area (Å²) in [5.41, 5.74) is 0. The second-order valence-electron chi connectivity index (χ2n) is 4.57. The first-order chi connectivity index (χ1) is 10.1. The lowest BCUT2D eigenvalue weighted by atomic mass is 10.2. The molecule has 0 unspecified atom stereocenters. The van der Waals surface area contributed by atoms with Crippen molar-refractivity contribution < 1.29 is 18.7 Å². The molecule has 0 fully saturated rings. The van der Waals surface area contributed by atoms with Crippen LogP contribution in [0.2, 0.25) is 0 Å². The summed E-state index contributed by atoms with van der Waals surface area (Å²) in [6, 6.07) is 6.28. The molecule has 0 bridgehead atoms. The van der Waals surface area contributed by atoms with Gasteiger partial charge in [-0.1, -0.05) is 13.0 Å². The van der Waals surface area contributed by atoms with Crippen LogP contribution in [0, 0.1) is 5.82 Å². The highest BCUT2D eigenvalue weighted by atomic mass is 32.1. The van der Waals surface area contributed by atoms with Crippen LogP contribution in [0.4, 0.5) is 4.39 Å². The number of ether oxygens (including phenoxy) is 1. The fourth-order valence-corrected chi connectivity index (χ4v) is 3.07. The van der Waals surface area contributed by atoms with E-state index in [9.17, 15) is 14.0 Å². The summed E-state index contributed by atoms with van der Waals surface area (Å²) in [5, 5.41) is 0.431. The van der Waals surface area contributed by atoms with Gasteiger partial charge in [0, 0.05) is 16.6 Å². The Morgan fingerprint density at radius 1 is 1.38 bits per heavy atom. The van der Waals surface area contributed by atoms with Crippen LogP contribution in [0.25, 0.3) is 10.1 Å². The lowest BCUT2D eigenvalue weighted by Gasteiger charge is -2.19. The van der Waals surface area contributed by atoms with Crippen molar-refractivity contribution in [1.29, 1.82) is 0 Å². The Balaban J connectivity index is 2.29. The molecule has 0 spiro atoms. The fraction of sp³-hybridized carbons (Fsp3) is 0.333. The van der Waals surface area contributed by atoms with Gasteiger partial charge in [-0.2, -0.15) is 0 Å². The number of hydrogen-bond acceptors (Lipinski definition) is 4. The molecule has 0 atom stereocenters. The molecule has 0 aliphatic heterocycles. The van der Waals surface area contributed by atoms with Crippen molar-refractivity contribution in [3.8, 4) is 0 Å². The van der Waals surface area contributed by atoms with E-state index in [0.717, 1.165) is 6.42 Å². The fourth-order valence-electron chi connectivity index (χ4n) is 2.03. The van der Waals surface area contributed by atoms with Gasteiger partial charge in [-0.25, -0.2) is 4.39 Å². The van der Waals surface area contributed by atoms with Crippen LogP contribution in [0.5, 0.6) is 0 Å². The van der Waals surface area contributed by atoms with Crippen LogP contribution in [-0.4, -0.2) is 37.0 Å². The maximum atomic E-state index is 13.7. The van der Waals surface area contributed by atoms with E-state index in [2.05, 4.69) is 4.74 Å². The maximum absolute atomic E-state index is 13.7. The normalized spacial score (nSPS) is 10.6. The van der Waals surface area contributed by atoms with Gasteiger partial charge in [-0.3, -0.25) is 9.59 Å². The summed E-state index contributed by atoms with van der Waals surface area (Å²) in [6.45, 7) is 2.27. The number of halogens is 1. The molecule has 2 aromatic rings. The second kappa shape index (κ2) is 6.67. The molecule has 6 heteroatoms. The van der Waals surface area contributed by atoms with Gasteiger partial charge in [0.2, 0.25) is 0 Å². The molecule has 0 saturated heterocycles. The van der Waals surface area contributed by atoms with Gasteiger partial charge < -0.3 is 9.64 Å². The molecule has 0 aliphatic carbocycles. The third-order valence-corrected chi connectivity index (χ3v) is 4.14. The summed E-state index contributed by atoms with van der Waals surface area (Å²) in [7, 11) is 1.28. The molecule has 112 valence electrons. The number of amides is 1. The van der Waals surface area contributed by atoms with Gasteiger partial charge in [0.05, 0.1) is 12.0 Å². The van der Waals surface area contributed by atoms with Gasteiger partial charge >= 0.3 is 5.97 Å². The largest absolute Gasteiger partial charge is 0.468 e. The molecular weight excluding hydrogens is 293 g/mol. The van der Waals surface area contributed by atoms with Gasteiger partial charge in [0.15, 0.2) is 0 Å². The zero-order chi connectivity index (χ0) is 15.4. The number of carbonyl (C=O) groups excluding carboxylic acids is 2. The Morgan fingerprint density at radius 2 is 2.14 bits per heavy atom. The first-order valence-corrected chi connectivity index (χ1v) is 7.42. The Labute approximate surface area is 126 Å². The minimum absolute atomic E-state index is 0.0973. The van der Waals surface area contributed by atoms with E-state index >= 15 is 0 Å². The number of methoxy groups -OCH3 is 1. The Bertz CT molecular complexity index is 668. The molecule has 1 amide bonds. The first-order valence-electron chi connectivity index (χ1n) is 6.61. The SMILES string of the molecule is CCCN(CC(=O)OC)C(=O)c1cc2c(F)cccc2s1. The average molecular weight is 309 g/mol. The Morgan fingerprint density at radius 3 is 2.76 bits per heavy atom. The monoisotopic (exact) mass is 309 g/mol. The molecule has 4 nitrogen and oxygen atoms in total. The summed E-state index contributed by atoms with van der Waals surface area (Å²) in [5.74, 6) is -1.09. The average Bonchev–Trinajstić information content (AvgIpc) is 2.91. The number of hydrogen-bond donors (Lipinski definition) is 0. The number of nitrogens with zero attached hydrogens (tertiary/aromatic N) is 1. The van der Waals surface area contributed by atoms with E-state index in [0.29, 0.717) is 21.5 Å². The van der Waals surface area contributed by atoms with Crippen LogP contribution < -0.4 is 0 Å². The molecular formula is C15H16FNO3S. The quantitative estimate of drug-likeness (QED) is 0.798. The summed E-state index contributed by atoms with van der Waals surface area (Å²) in [6.07, 6.45) is 0.724. The highest BCUT2D eigenvalue weighted by Gasteiger charge is 2.21. The topological polar surface area (TPSA) is 46.6 Å². The predicted molar refractivity (Wildman–Crippen MR) is 80.0 cm³/mol.